The molecule has 0 atom stereocenters. The summed E-state index contributed by atoms with van der Waals surface area (Å²) in [4.78, 5) is 25.4. The Morgan fingerprint density at radius 3 is 2.68 bits per heavy atom. The van der Waals surface area contributed by atoms with Gasteiger partial charge in [0.25, 0.3) is 5.69 Å². The van der Waals surface area contributed by atoms with Gasteiger partial charge in [0.1, 0.15) is 17.8 Å². The molecule has 25 heavy (non-hydrogen) atoms. The van der Waals surface area contributed by atoms with Gasteiger partial charge in [-0.1, -0.05) is 12.1 Å². The van der Waals surface area contributed by atoms with Crippen molar-refractivity contribution in [2.24, 2.45) is 0 Å². The van der Waals surface area contributed by atoms with Crippen molar-refractivity contribution >= 4 is 23.6 Å². The molecule has 1 aromatic heterocycles. The minimum absolute atomic E-state index is 0.0765. The third kappa shape index (κ3) is 6.38. The lowest BCUT2D eigenvalue weighted by Gasteiger charge is -2.05. The van der Waals surface area contributed by atoms with E-state index in [1.54, 1.807) is 18.2 Å². The number of aromatic nitrogens is 1. The number of benzene rings is 1. The summed E-state index contributed by atoms with van der Waals surface area (Å²) in [6, 6.07) is 8.59. The molecule has 2 aromatic rings. The predicted octanol–water partition coefficient (Wildman–Crippen LogP) is 3.19. The average molecular weight is 345 g/mol. The maximum absolute atomic E-state index is 12.7. The van der Waals surface area contributed by atoms with Crippen LogP contribution in [0.2, 0.25) is 0 Å². The van der Waals surface area contributed by atoms with Crippen LogP contribution in [-0.4, -0.2) is 29.0 Å². The van der Waals surface area contributed by atoms with E-state index in [1.807, 2.05) is 0 Å². The van der Waals surface area contributed by atoms with Gasteiger partial charge in [0.15, 0.2) is 0 Å². The first kappa shape index (κ1) is 18.1. The first-order valence-corrected chi connectivity index (χ1v) is 7.49. The van der Waals surface area contributed by atoms with Crippen LogP contribution in [0.15, 0.2) is 48.7 Å². The largest absolute Gasteiger partial charge is 0.462 e. The normalized spacial score (nSPS) is 10.6. The highest BCUT2D eigenvalue weighted by Crippen LogP contribution is 2.11. The molecule has 8 heteroatoms. The van der Waals surface area contributed by atoms with E-state index >= 15 is 0 Å². The summed E-state index contributed by atoms with van der Waals surface area (Å²) >= 11 is 0. The smallest absolute Gasteiger partial charge is 0.330 e. The van der Waals surface area contributed by atoms with E-state index in [2.05, 4.69) is 10.3 Å². The van der Waals surface area contributed by atoms with Gasteiger partial charge in [0.2, 0.25) is 0 Å². The van der Waals surface area contributed by atoms with Gasteiger partial charge in [0, 0.05) is 18.7 Å². The van der Waals surface area contributed by atoms with Crippen LogP contribution in [0.25, 0.3) is 6.08 Å². The highest BCUT2D eigenvalue weighted by Gasteiger charge is 2.04. The van der Waals surface area contributed by atoms with E-state index in [4.69, 9.17) is 4.74 Å². The molecular formula is C17H16FN3O4. The molecule has 0 fully saturated rings. The number of hydrogen-bond donors (Lipinski definition) is 1. The van der Waals surface area contributed by atoms with Crippen molar-refractivity contribution in [3.8, 4) is 0 Å². The van der Waals surface area contributed by atoms with Crippen molar-refractivity contribution in [1.82, 2.24) is 4.98 Å². The van der Waals surface area contributed by atoms with E-state index in [9.17, 15) is 19.3 Å². The highest BCUT2D eigenvalue weighted by molar-refractivity contribution is 5.87. The standard InChI is InChI=1S/C17H16FN3O4/c18-14-5-2-13(3-6-14)4-9-17(22)25-11-1-10-19-16-8-7-15(12-20-16)21(23)24/h2-9,12H,1,10-11H2,(H,19,20)/b9-4+. The van der Waals surface area contributed by atoms with E-state index in [0.29, 0.717) is 24.3 Å². The Morgan fingerprint density at radius 2 is 2.04 bits per heavy atom. The van der Waals surface area contributed by atoms with Crippen molar-refractivity contribution in [1.29, 1.82) is 0 Å². The first-order chi connectivity index (χ1) is 12.0. The zero-order chi connectivity index (χ0) is 18.1. The molecule has 0 bridgehead atoms. The zero-order valence-corrected chi connectivity index (χ0v) is 13.2. The lowest BCUT2D eigenvalue weighted by Crippen LogP contribution is -2.09. The minimum atomic E-state index is -0.518. The Kier molecular flexibility index (Phi) is 6.58. The molecule has 0 aliphatic heterocycles. The summed E-state index contributed by atoms with van der Waals surface area (Å²) in [5, 5.41) is 13.5. The molecular weight excluding hydrogens is 329 g/mol. The molecule has 0 unspecified atom stereocenters. The molecule has 1 heterocycles. The Balaban J connectivity index is 1.64. The molecule has 0 amide bonds. The summed E-state index contributed by atoms with van der Waals surface area (Å²) in [5.74, 6) is -0.319. The number of esters is 1. The van der Waals surface area contributed by atoms with Crippen molar-refractivity contribution in [2.45, 2.75) is 6.42 Å². The number of nitro groups is 1. The number of nitrogens with one attached hydrogen (secondary N) is 1. The van der Waals surface area contributed by atoms with Gasteiger partial charge in [-0.25, -0.2) is 14.2 Å². The second kappa shape index (κ2) is 9.11. The Bertz CT molecular complexity index is 745. The van der Waals surface area contributed by atoms with Gasteiger partial charge in [-0.2, -0.15) is 0 Å². The molecule has 7 nitrogen and oxygen atoms in total. The van der Waals surface area contributed by atoms with E-state index in [0.717, 1.165) is 0 Å². The molecule has 0 radical (unpaired) electrons. The lowest BCUT2D eigenvalue weighted by atomic mass is 10.2. The molecule has 0 aliphatic carbocycles. The second-order valence-electron chi connectivity index (χ2n) is 4.99. The number of ether oxygens (including phenoxy) is 1. The number of rotatable bonds is 8. The monoisotopic (exact) mass is 345 g/mol. The second-order valence-corrected chi connectivity index (χ2v) is 4.99. The van der Waals surface area contributed by atoms with Crippen molar-refractivity contribution in [3.63, 3.8) is 0 Å². The van der Waals surface area contributed by atoms with Crippen molar-refractivity contribution in [3.05, 3.63) is 70.2 Å². The SMILES string of the molecule is O=C(/C=C/c1ccc(F)cc1)OCCCNc1ccc([N+](=O)[O-])cn1. The summed E-state index contributed by atoms with van der Waals surface area (Å²) in [6.07, 6.45) is 4.54. The van der Waals surface area contributed by atoms with Crippen LogP contribution in [-0.2, 0) is 9.53 Å². The number of nitrogens with zero attached hydrogens (tertiary/aromatic N) is 2. The van der Waals surface area contributed by atoms with Crippen LogP contribution in [0.5, 0.6) is 0 Å². The predicted molar refractivity (Wildman–Crippen MR) is 90.4 cm³/mol. The number of hydrogen-bond acceptors (Lipinski definition) is 6. The molecule has 2 rings (SSSR count). The van der Waals surface area contributed by atoms with Gasteiger partial charge in [-0.3, -0.25) is 10.1 Å². The van der Waals surface area contributed by atoms with Gasteiger partial charge in [-0.15, -0.1) is 0 Å². The summed E-state index contributed by atoms with van der Waals surface area (Å²) < 4.78 is 17.8. The van der Waals surface area contributed by atoms with Gasteiger partial charge < -0.3 is 10.1 Å². The highest BCUT2D eigenvalue weighted by atomic mass is 19.1. The number of anilines is 1. The third-order valence-electron chi connectivity index (χ3n) is 3.11. The van der Waals surface area contributed by atoms with E-state index < -0.39 is 10.9 Å². The van der Waals surface area contributed by atoms with E-state index in [-0.39, 0.29) is 18.1 Å². The van der Waals surface area contributed by atoms with Crippen molar-refractivity contribution < 1.29 is 18.8 Å². The fourth-order valence-corrected chi connectivity index (χ4v) is 1.85. The molecule has 0 saturated carbocycles. The third-order valence-corrected chi connectivity index (χ3v) is 3.11. The Morgan fingerprint density at radius 1 is 1.28 bits per heavy atom. The summed E-state index contributed by atoms with van der Waals surface area (Å²) in [7, 11) is 0. The van der Waals surface area contributed by atoms with Crippen LogP contribution in [0.3, 0.4) is 0 Å². The van der Waals surface area contributed by atoms with Gasteiger partial charge >= 0.3 is 5.97 Å². The lowest BCUT2D eigenvalue weighted by molar-refractivity contribution is -0.385. The fraction of sp³-hybridized carbons (Fsp3) is 0.176. The summed E-state index contributed by atoms with van der Waals surface area (Å²) in [5.41, 5.74) is 0.622. The average Bonchev–Trinajstić information content (AvgIpc) is 2.61. The Labute approximate surface area is 143 Å². The fourth-order valence-electron chi connectivity index (χ4n) is 1.85. The molecule has 0 spiro atoms. The maximum Gasteiger partial charge on any atom is 0.330 e. The van der Waals surface area contributed by atoms with Crippen LogP contribution in [0.4, 0.5) is 15.9 Å². The number of carbonyl (C=O) groups excluding carboxylic acids is 1. The quantitative estimate of drug-likeness (QED) is 0.260. The maximum atomic E-state index is 12.7. The first-order valence-electron chi connectivity index (χ1n) is 7.49. The zero-order valence-electron chi connectivity index (χ0n) is 13.2. The molecule has 1 N–H and O–H groups in total. The number of pyridine rings is 1. The van der Waals surface area contributed by atoms with Crippen LogP contribution in [0, 0.1) is 15.9 Å². The Hall–Kier alpha value is -3.29. The molecule has 0 aliphatic rings. The van der Waals surface area contributed by atoms with Crippen LogP contribution >= 0.6 is 0 Å². The molecule has 0 saturated heterocycles. The number of carbonyl (C=O) groups is 1. The molecule has 130 valence electrons. The minimum Gasteiger partial charge on any atom is -0.462 e. The summed E-state index contributed by atoms with van der Waals surface area (Å²) in [6.45, 7) is 0.715. The van der Waals surface area contributed by atoms with E-state index in [1.165, 1.54) is 36.5 Å². The van der Waals surface area contributed by atoms with Gasteiger partial charge in [0.05, 0.1) is 11.5 Å². The van der Waals surface area contributed by atoms with Crippen LogP contribution in [0.1, 0.15) is 12.0 Å². The number of halogens is 1. The van der Waals surface area contributed by atoms with Crippen molar-refractivity contribution in [2.75, 3.05) is 18.5 Å². The topological polar surface area (TPSA) is 94.4 Å². The molecule has 1 aromatic carbocycles. The van der Waals surface area contributed by atoms with Crippen LogP contribution < -0.4 is 5.32 Å². The van der Waals surface area contributed by atoms with Gasteiger partial charge in [-0.05, 0) is 36.3 Å².